The van der Waals surface area contributed by atoms with Crippen LogP contribution >= 0.6 is 0 Å². The molecule has 7 heteroatoms. The fourth-order valence-electron chi connectivity index (χ4n) is 3.53. The zero-order valence-corrected chi connectivity index (χ0v) is 17.5. The van der Waals surface area contributed by atoms with Crippen molar-refractivity contribution in [2.75, 3.05) is 5.32 Å². The molecule has 0 saturated carbocycles. The Morgan fingerprint density at radius 2 is 1.93 bits per heavy atom. The fourth-order valence-corrected chi connectivity index (χ4v) is 3.53. The van der Waals surface area contributed by atoms with Gasteiger partial charge in [0.15, 0.2) is 5.65 Å². The zero-order chi connectivity index (χ0) is 21.1. The van der Waals surface area contributed by atoms with Gasteiger partial charge in [0.25, 0.3) is 0 Å². The quantitative estimate of drug-likeness (QED) is 0.672. The van der Waals surface area contributed by atoms with Crippen molar-refractivity contribution in [1.29, 1.82) is 0 Å². The van der Waals surface area contributed by atoms with Crippen molar-refractivity contribution in [1.82, 2.24) is 19.9 Å². The van der Waals surface area contributed by atoms with E-state index in [9.17, 15) is 9.59 Å². The molecule has 0 saturated heterocycles. The van der Waals surface area contributed by atoms with Gasteiger partial charge in [0.1, 0.15) is 0 Å². The number of rotatable bonds is 6. The lowest BCUT2D eigenvalue weighted by molar-refractivity contribution is -0.121. The molecule has 29 heavy (non-hydrogen) atoms. The van der Waals surface area contributed by atoms with E-state index >= 15 is 0 Å². The van der Waals surface area contributed by atoms with Crippen LogP contribution in [0.5, 0.6) is 0 Å². The van der Waals surface area contributed by atoms with Gasteiger partial charge in [-0.1, -0.05) is 12.1 Å². The Hall–Kier alpha value is -3.22. The highest BCUT2D eigenvalue weighted by molar-refractivity contribution is 5.88. The lowest BCUT2D eigenvalue weighted by Crippen LogP contribution is -2.27. The first-order valence-corrected chi connectivity index (χ1v) is 9.74. The molecule has 2 amide bonds. The monoisotopic (exact) mass is 393 g/mol. The van der Waals surface area contributed by atoms with Gasteiger partial charge in [0.05, 0.1) is 11.7 Å². The summed E-state index contributed by atoms with van der Waals surface area (Å²) in [6.07, 6.45) is 0.967. The standard InChI is InChI=1S/C22H27N5O2/c1-13-11-21-23-15(3)20(16(4)27(21)26-13)9-10-22(29)24-14(2)18-7-6-8-19(12-18)25-17(5)28/h6-8,11-12,14H,9-10H2,1-5H3,(H,24,29)(H,25,28)/t14-/m1/s1. The average molecular weight is 393 g/mol. The van der Waals surface area contributed by atoms with Gasteiger partial charge in [0, 0.05) is 36.5 Å². The predicted molar refractivity (Wildman–Crippen MR) is 113 cm³/mol. The molecule has 2 aromatic heterocycles. The van der Waals surface area contributed by atoms with E-state index in [-0.39, 0.29) is 17.9 Å². The highest BCUT2D eigenvalue weighted by atomic mass is 16.2. The number of anilines is 1. The first-order valence-electron chi connectivity index (χ1n) is 9.74. The summed E-state index contributed by atoms with van der Waals surface area (Å²) in [4.78, 5) is 28.4. The molecule has 0 unspecified atom stereocenters. The summed E-state index contributed by atoms with van der Waals surface area (Å²) >= 11 is 0. The molecule has 3 aromatic rings. The van der Waals surface area contributed by atoms with Crippen molar-refractivity contribution >= 4 is 23.1 Å². The Labute approximate surface area is 170 Å². The van der Waals surface area contributed by atoms with Crippen LogP contribution in [0.3, 0.4) is 0 Å². The van der Waals surface area contributed by atoms with Crippen LogP contribution in [0.1, 0.15) is 54.5 Å². The third-order valence-corrected chi connectivity index (χ3v) is 4.97. The minimum absolute atomic E-state index is 0.0297. The van der Waals surface area contributed by atoms with Crippen LogP contribution in [0.2, 0.25) is 0 Å². The normalized spacial score (nSPS) is 12.0. The lowest BCUT2D eigenvalue weighted by atomic mass is 10.0. The summed E-state index contributed by atoms with van der Waals surface area (Å²) in [5.41, 5.74) is 6.41. The summed E-state index contributed by atoms with van der Waals surface area (Å²) in [5.74, 6) is -0.152. The Morgan fingerprint density at radius 3 is 2.66 bits per heavy atom. The number of aryl methyl sites for hydroxylation is 3. The molecule has 2 heterocycles. The van der Waals surface area contributed by atoms with Gasteiger partial charge >= 0.3 is 0 Å². The van der Waals surface area contributed by atoms with Gasteiger partial charge in [-0.05, 0) is 57.4 Å². The number of carbonyl (C=O) groups excluding carboxylic acids is 2. The van der Waals surface area contributed by atoms with Crippen molar-refractivity contribution < 1.29 is 9.59 Å². The van der Waals surface area contributed by atoms with Crippen LogP contribution in [0, 0.1) is 20.8 Å². The van der Waals surface area contributed by atoms with E-state index in [1.807, 2.05) is 62.5 Å². The van der Waals surface area contributed by atoms with Crippen LogP contribution in [-0.2, 0) is 16.0 Å². The number of hydrogen-bond acceptors (Lipinski definition) is 4. The fraction of sp³-hybridized carbons (Fsp3) is 0.364. The molecule has 0 aliphatic rings. The Morgan fingerprint density at radius 1 is 1.17 bits per heavy atom. The third-order valence-electron chi connectivity index (χ3n) is 4.97. The van der Waals surface area contributed by atoms with E-state index in [0.717, 1.165) is 39.5 Å². The number of aromatic nitrogens is 3. The second kappa shape index (κ2) is 8.43. The van der Waals surface area contributed by atoms with Crippen LogP contribution in [0.15, 0.2) is 30.3 Å². The van der Waals surface area contributed by atoms with Crippen LogP contribution < -0.4 is 10.6 Å². The number of carbonyl (C=O) groups is 2. The maximum absolute atomic E-state index is 12.5. The maximum atomic E-state index is 12.5. The topological polar surface area (TPSA) is 88.4 Å². The van der Waals surface area contributed by atoms with E-state index in [4.69, 9.17) is 0 Å². The molecule has 2 N–H and O–H groups in total. The second-order valence-electron chi connectivity index (χ2n) is 7.41. The summed E-state index contributed by atoms with van der Waals surface area (Å²) in [6, 6.07) is 9.29. The largest absolute Gasteiger partial charge is 0.350 e. The molecule has 0 aliphatic carbocycles. The minimum atomic E-state index is -0.159. The van der Waals surface area contributed by atoms with Crippen molar-refractivity contribution in [2.24, 2.45) is 0 Å². The Balaban J connectivity index is 1.66. The smallest absolute Gasteiger partial charge is 0.221 e. The number of hydrogen-bond donors (Lipinski definition) is 2. The van der Waals surface area contributed by atoms with Gasteiger partial charge in [-0.15, -0.1) is 0 Å². The third kappa shape index (κ3) is 4.80. The number of nitrogens with one attached hydrogen (secondary N) is 2. The van der Waals surface area contributed by atoms with Crippen LogP contribution in [-0.4, -0.2) is 26.4 Å². The van der Waals surface area contributed by atoms with E-state index in [2.05, 4.69) is 20.7 Å². The molecule has 0 radical (unpaired) electrons. The second-order valence-corrected chi connectivity index (χ2v) is 7.41. The van der Waals surface area contributed by atoms with Crippen LogP contribution in [0.4, 0.5) is 5.69 Å². The van der Waals surface area contributed by atoms with E-state index < -0.39 is 0 Å². The highest BCUT2D eigenvalue weighted by Crippen LogP contribution is 2.19. The first-order chi connectivity index (χ1) is 13.7. The molecule has 7 nitrogen and oxygen atoms in total. The molecule has 0 spiro atoms. The van der Waals surface area contributed by atoms with Crippen molar-refractivity contribution in [3.05, 3.63) is 58.5 Å². The van der Waals surface area contributed by atoms with E-state index in [0.29, 0.717) is 12.8 Å². The Kier molecular flexibility index (Phi) is 5.96. The van der Waals surface area contributed by atoms with Crippen molar-refractivity contribution in [2.45, 2.75) is 53.5 Å². The zero-order valence-electron chi connectivity index (χ0n) is 17.5. The molecular weight excluding hydrogens is 366 g/mol. The van der Waals surface area contributed by atoms with E-state index in [1.165, 1.54) is 6.92 Å². The van der Waals surface area contributed by atoms with Crippen LogP contribution in [0.25, 0.3) is 5.65 Å². The summed E-state index contributed by atoms with van der Waals surface area (Å²) in [5, 5.41) is 10.3. The minimum Gasteiger partial charge on any atom is -0.350 e. The molecule has 0 bridgehead atoms. The highest BCUT2D eigenvalue weighted by Gasteiger charge is 2.15. The average Bonchev–Trinajstić information content (AvgIpc) is 3.01. The van der Waals surface area contributed by atoms with Gasteiger partial charge in [0.2, 0.25) is 11.8 Å². The molecule has 0 fully saturated rings. The SMILES string of the molecule is CC(=O)Nc1cccc([C@@H](C)NC(=O)CCc2c(C)nc3cc(C)nn3c2C)c1. The van der Waals surface area contributed by atoms with E-state index in [1.54, 1.807) is 0 Å². The summed E-state index contributed by atoms with van der Waals surface area (Å²) < 4.78 is 1.84. The van der Waals surface area contributed by atoms with Gasteiger partial charge in [-0.2, -0.15) is 5.10 Å². The van der Waals surface area contributed by atoms with Gasteiger partial charge < -0.3 is 10.6 Å². The summed E-state index contributed by atoms with van der Waals surface area (Å²) in [7, 11) is 0. The van der Waals surface area contributed by atoms with Gasteiger partial charge in [-0.25, -0.2) is 9.50 Å². The number of benzene rings is 1. The molecule has 1 aromatic carbocycles. The maximum Gasteiger partial charge on any atom is 0.221 e. The Bertz CT molecular complexity index is 1070. The first kappa shape index (κ1) is 20.5. The molecule has 0 aliphatic heterocycles. The number of amides is 2. The molecule has 1 atom stereocenters. The molecule has 152 valence electrons. The van der Waals surface area contributed by atoms with Crippen molar-refractivity contribution in [3.8, 4) is 0 Å². The predicted octanol–water partition coefficient (Wildman–Crippen LogP) is 3.42. The lowest BCUT2D eigenvalue weighted by Gasteiger charge is -2.16. The summed E-state index contributed by atoms with van der Waals surface area (Å²) in [6.45, 7) is 9.33. The van der Waals surface area contributed by atoms with Gasteiger partial charge in [-0.3, -0.25) is 9.59 Å². The molecular formula is C22H27N5O2. The number of nitrogens with zero attached hydrogens (tertiary/aromatic N) is 3. The molecule has 3 rings (SSSR count). The number of fused-ring (bicyclic) bond motifs is 1. The van der Waals surface area contributed by atoms with Crippen molar-refractivity contribution in [3.63, 3.8) is 0 Å².